The fourth-order valence-corrected chi connectivity index (χ4v) is 4.27. The van der Waals surface area contributed by atoms with E-state index in [1.165, 1.54) is 5.69 Å². The molecule has 9 nitrogen and oxygen atoms in total. The molecule has 0 aromatic carbocycles. The molecule has 1 saturated heterocycles. The maximum Gasteiger partial charge on any atom is 0.327 e. The van der Waals surface area contributed by atoms with Crippen molar-refractivity contribution in [1.29, 1.82) is 0 Å². The molecular weight excluding hydrogens is 382 g/mol. The Morgan fingerprint density at radius 1 is 1.23 bits per heavy atom. The van der Waals surface area contributed by atoms with E-state index in [1.54, 1.807) is 24.3 Å². The summed E-state index contributed by atoms with van der Waals surface area (Å²) in [6.45, 7) is 6.41. The number of urea groups is 1. The van der Waals surface area contributed by atoms with Crippen LogP contribution in [0.15, 0.2) is 30.7 Å². The molecule has 0 spiro atoms. The van der Waals surface area contributed by atoms with Gasteiger partial charge in [0, 0.05) is 68.6 Å². The van der Waals surface area contributed by atoms with Gasteiger partial charge in [0.15, 0.2) is 11.4 Å². The van der Waals surface area contributed by atoms with Crippen LogP contribution < -0.4 is 25.2 Å². The molecule has 5 heterocycles. The summed E-state index contributed by atoms with van der Waals surface area (Å²) in [6, 6.07) is 3.66. The Bertz CT molecular complexity index is 1100. The molecule has 5 rings (SSSR count). The van der Waals surface area contributed by atoms with Crippen molar-refractivity contribution in [3.63, 3.8) is 0 Å². The van der Waals surface area contributed by atoms with Crippen molar-refractivity contribution in [3.8, 4) is 5.75 Å². The molecule has 0 radical (unpaired) electrons. The van der Waals surface area contributed by atoms with E-state index >= 15 is 0 Å². The Kier molecular flexibility index (Phi) is 4.66. The van der Waals surface area contributed by atoms with Gasteiger partial charge in [0.1, 0.15) is 5.82 Å². The van der Waals surface area contributed by atoms with E-state index in [1.807, 2.05) is 23.7 Å². The predicted molar refractivity (Wildman–Crippen MR) is 116 cm³/mol. The Morgan fingerprint density at radius 3 is 2.87 bits per heavy atom. The zero-order valence-electron chi connectivity index (χ0n) is 17.2. The van der Waals surface area contributed by atoms with Gasteiger partial charge in [-0.05, 0) is 19.4 Å². The number of pyridine rings is 2. The number of ether oxygens (including phenoxy) is 1. The number of piperazine rings is 1. The van der Waals surface area contributed by atoms with Crippen molar-refractivity contribution in [2.75, 3.05) is 55.0 Å². The summed E-state index contributed by atoms with van der Waals surface area (Å²) in [4.78, 5) is 26.2. The number of amides is 2. The largest absolute Gasteiger partial charge is 0.493 e. The van der Waals surface area contributed by atoms with Crippen LogP contribution in [0, 0.1) is 6.92 Å². The van der Waals surface area contributed by atoms with Gasteiger partial charge in [0.05, 0.1) is 18.5 Å². The summed E-state index contributed by atoms with van der Waals surface area (Å²) >= 11 is 0. The molecule has 1 fully saturated rings. The van der Waals surface area contributed by atoms with Crippen molar-refractivity contribution >= 4 is 28.9 Å². The van der Waals surface area contributed by atoms with E-state index in [9.17, 15) is 4.79 Å². The second kappa shape index (κ2) is 7.49. The Morgan fingerprint density at radius 2 is 2.07 bits per heavy atom. The molecule has 156 valence electrons. The quantitative estimate of drug-likeness (QED) is 0.691. The summed E-state index contributed by atoms with van der Waals surface area (Å²) in [7, 11) is 1.60. The zero-order valence-corrected chi connectivity index (χ0v) is 17.2. The first-order valence-electron chi connectivity index (χ1n) is 10.2. The number of hydrogen-bond acceptors (Lipinski definition) is 6. The molecule has 3 aromatic rings. The van der Waals surface area contributed by atoms with E-state index in [-0.39, 0.29) is 6.03 Å². The molecule has 3 aromatic heterocycles. The second-order valence-electron chi connectivity index (χ2n) is 7.61. The number of methoxy groups -OCH3 is 1. The first-order valence-corrected chi connectivity index (χ1v) is 10.2. The summed E-state index contributed by atoms with van der Waals surface area (Å²) in [5.41, 5.74) is 4.59. The van der Waals surface area contributed by atoms with E-state index < -0.39 is 0 Å². The van der Waals surface area contributed by atoms with Crippen LogP contribution in [-0.2, 0) is 6.42 Å². The van der Waals surface area contributed by atoms with Crippen LogP contribution in [-0.4, -0.2) is 60.2 Å². The highest BCUT2D eigenvalue weighted by molar-refractivity contribution is 6.03. The predicted octanol–water partition coefficient (Wildman–Crippen LogP) is 2.05. The van der Waals surface area contributed by atoms with Crippen LogP contribution in [0.3, 0.4) is 0 Å². The van der Waals surface area contributed by atoms with Gasteiger partial charge in [-0.3, -0.25) is 4.90 Å². The average molecular weight is 407 g/mol. The summed E-state index contributed by atoms with van der Waals surface area (Å²) in [5, 5.41) is 6.38. The Hall–Kier alpha value is -3.33. The van der Waals surface area contributed by atoms with Crippen molar-refractivity contribution in [1.82, 2.24) is 19.7 Å². The van der Waals surface area contributed by atoms with Crippen LogP contribution in [0.5, 0.6) is 5.75 Å². The lowest BCUT2D eigenvalue weighted by molar-refractivity contribution is 0.257. The summed E-state index contributed by atoms with van der Waals surface area (Å²) < 4.78 is 7.32. The van der Waals surface area contributed by atoms with Gasteiger partial charge in [-0.2, -0.15) is 0 Å². The third-order valence-electron chi connectivity index (χ3n) is 5.66. The van der Waals surface area contributed by atoms with E-state index in [2.05, 4.69) is 31.6 Å². The summed E-state index contributed by atoms with van der Waals surface area (Å²) in [5.74, 6) is 1.36. The van der Waals surface area contributed by atoms with Gasteiger partial charge in [-0.1, -0.05) is 0 Å². The molecule has 2 amide bonds. The minimum atomic E-state index is -0.197. The van der Waals surface area contributed by atoms with Crippen LogP contribution in [0.2, 0.25) is 0 Å². The SMILES string of the molecule is COc1cc(NC(=O)N2CCc3c(N4CCNCC4)ccnc32)cn2cc(C)nc12. The highest BCUT2D eigenvalue weighted by Crippen LogP contribution is 2.34. The molecular formula is C21H25N7O2. The fraction of sp³-hybridized carbons (Fsp3) is 0.381. The maximum atomic E-state index is 13.1. The maximum absolute atomic E-state index is 13.1. The second-order valence-corrected chi connectivity index (χ2v) is 7.61. The van der Waals surface area contributed by atoms with Crippen molar-refractivity contribution in [2.24, 2.45) is 0 Å². The number of rotatable bonds is 3. The van der Waals surface area contributed by atoms with Gasteiger partial charge in [0.2, 0.25) is 0 Å². The number of carbonyl (C=O) groups excluding carboxylic acids is 1. The highest BCUT2D eigenvalue weighted by Gasteiger charge is 2.30. The number of aromatic nitrogens is 3. The van der Waals surface area contributed by atoms with Crippen molar-refractivity contribution in [3.05, 3.63) is 42.0 Å². The average Bonchev–Trinajstić information content (AvgIpc) is 3.36. The molecule has 2 aliphatic heterocycles. The Balaban J connectivity index is 1.41. The summed E-state index contributed by atoms with van der Waals surface area (Å²) in [6.07, 6.45) is 6.35. The minimum Gasteiger partial charge on any atom is -0.493 e. The third-order valence-corrected chi connectivity index (χ3v) is 5.66. The molecule has 30 heavy (non-hydrogen) atoms. The topological polar surface area (TPSA) is 87.0 Å². The molecule has 2 aliphatic rings. The Labute approximate surface area is 174 Å². The monoisotopic (exact) mass is 407 g/mol. The lowest BCUT2D eigenvalue weighted by atomic mass is 10.1. The molecule has 2 N–H and O–H groups in total. The molecule has 0 unspecified atom stereocenters. The van der Waals surface area contributed by atoms with Gasteiger partial charge in [0.25, 0.3) is 0 Å². The number of hydrogen-bond donors (Lipinski definition) is 2. The first-order chi connectivity index (χ1) is 14.6. The number of fused-ring (bicyclic) bond motifs is 2. The molecule has 0 bridgehead atoms. The van der Waals surface area contributed by atoms with Crippen molar-refractivity contribution in [2.45, 2.75) is 13.3 Å². The number of aryl methyl sites for hydroxylation is 1. The van der Waals surface area contributed by atoms with Crippen molar-refractivity contribution < 1.29 is 9.53 Å². The lowest BCUT2D eigenvalue weighted by Gasteiger charge is -2.31. The number of nitrogens with zero attached hydrogens (tertiary/aromatic N) is 5. The number of anilines is 3. The number of nitrogens with one attached hydrogen (secondary N) is 2. The van der Waals surface area contributed by atoms with Gasteiger partial charge in [-0.25, -0.2) is 14.8 Å². The first kappa shape index (κ1) is 18.7. The molecule has 9 heteroatoms. The zero-order chi connectivity index (χ0) is 20.7. The van der Waals surface area contributed by atoms with E-state index in [0.717, 1.165) is 55.3 Å². The molecule has 0 atom stereocenters. The normalized spacial score (nSPS) is 16.1. The molecule has 0 saturated carbocycles. The van der Waals surface area contributed by atoms with Crippen LogP contribution in [0.25, 0.3) is 5.65 Å². The lowest BCUT2D eigenvalue weighted by Crippen LogP contribution is -2.43. The number of carbonyl (C=O) groups is 1. The number of imidazole rings is 1. The van der Waals surface area contributed by atoms with Crippen LogP contribution >= 0.6 is 0 Å². The highest BCUT2D eigenvalue weighted by atomic mass is 16.5. The van der Waals surface area contributed by atoms with E-state index in [4.69, 9.17) is 4.74 Å². The van der Waals surface area contributed by atoms with Crippen LogP contribution in [0.1, 0.15) is 11.3 Å². The standard InChI is InChI=1S/C21H25N7O2/c1-14-12-27-13-15(11-18(30-2)20(27)24-14)25-21(29)28-8-4-16-17(3-5-23-19(16)28)26-9-6-22-7-10-26/h3,5,11-13,22H,4,6-10H2,1-2H3,(H,25,29). The fourth-order valence-electron chi connectivity index (χ4n) is 4.27. The van der Waals surface area contributed by atoms with Crippen LogP contribution in [0.4, 0.5) is 22.0 Å². The van der Waals surface area contributed by atoms with Gasteiger partial charge in [-0.15, -0.1) is 0 Å². The minimum absolute atomic E-state index is 0.197. The van der Waals surface area contributed by atoms with Gasteiger partial charge < -0.3 is 24.7 Å². The van der Waals surface area contributed by atoms with E-state index in [0.29, 0.717) is 18.0 Å². The third kappa shape index (κ3) is 3.21. The smallest absolute Gasteiger partial charge is 0.327 e. The van der Waals surface area contributed by atoms with Gasteiger partial charge >= 0.3 is 6.03 Å². The molecule has 0 aliphatic carbocycles.